The molecule has 0 spiro atoms. The first kappa shape index (κ1) is 21.1. The van der Waals surface area contributed by atoms with Crippen LogP contribution in [0.5, 0.6) is 5.75 Å². The van der Waals surface area contributed by atoms with Gasteiger partial charge in [-0.25, -0.2) is 0 Å². The zero-order chi connectivity index (χ0) is 20.8. The predicted molar refractivity (Wildman–Crippen MR) is 118 cm³/mol. The van der Waals surface area contributed by atoms with E-state index in [1.165, 1.54) is 0 Å². The Bertz CT molecular complexity index is 1140. The van der Waals surface area contributed by atoms with Gasteiger partial charge in [0.2, 0.25) is 5.91 Å². The lowest BCUT2D eigenvalue weighted by Gasteiger charge is -2.09. The number of hydrogen-bond acceptors (Lipinski definition) is 4. The Balaban J connectivity index is 1.48. The van der Waals surface area contributed by atoms with Gasteiger partial charge in [0, 0.05) is 18.7 Å². The molecule has 8 heteroatoms. The van der Waals surface area contributed by atoms with Crippen LogP contribution in [-0.4, -0.2) is 22.6 Å². The van der Waals surface area contributed by atoms with Crippen LogP contribution in [0.15, 0.2) is 47.3 Å². The minimum Gasteiger partial charge on any atom is -0.495 e. The van der Waals surface area contributed by atoms with E-state index in [1.54, 1.807) is 35.9 Å². The highest BCUT2D eigenvalue weighted by molar-refractivity contribution is 7.71. The molecule has 1 amide bonds. The monoisotopic (exact) mass is 431 g/mol. The molecule has 0 saturated carbocycles. The maximum Gasteiger partial charge on any atom is 0.262 e. The minimum atomic E-state index is -0.0847. The number of methoxy groups -OCH3 is 1. The third-order valence-electron chi connectivity index (χ3n) is 4.61. The van der Waals surface area contributed by atoms with Gasteiger partial charge in [0.15, 0.2) is 4.77 Å². The van der Waals surface area contributed by atoms with E-state index in [2.05, 4.69) is 10.3 Å². The number of aromatic nitrogens is 2. The van der Waals surface area contributed by atoms with Crippen molar-refractivity contribution in [2.45, 2.75) is 32.2 Å². The van der Waals surface area contributed by atoms with Crippen molar-refractivity contribution in [1.82, 2.24) is 9.55 Å². The molecule has 0 atom stereocenters. The first-order chi connectivity index (χ1) is 14.0. The van der Waals surface area contributed by atoms with Gasteiger partial charge in [-0.05, 0) is 55.4 Å². The number of para-hydroxylation sites is 1. The Morgan fingerprint density at radius 3 is 2.76 bits per heavy atom. The number of amides is 1. The van der Waals surface area contributed by atoms with Gasteiger partial charge in [0.1, 0.15) is 5.75 Å². The first-order valence-electron chi connectivity index (χ1n) is 9.35. The average Bonchev–Trinajstić information content (AvgIpc) is 2.70. The third kappa shape index (κ3) is 5.25. The molecule has 0 radical (unpaired) electrons. The summed E-state index contributed by atoms with van der Waals surface area (Å²) in [5.41, 5.74) is 1.29. The molecule has 0 aliphatic heterocycles. The maximum absolute atomic E-state index is 12.6. The van der Waals surface area contributed by atoms with Crippen LogP contribution in [0.4, 0.5) is 5.69 Å². The second-order valence-corrected chi connectivity index (χ2v) is 7.43. The fourth-order valence-electron chi connectivity index (χ4n) is 3.10. The van der Waals surface area contributed by atoms with Gasteiger partial charge < -0.3 is 15.0 Å². The number of carbonyl (C=O) groups excluding carboxylic acids is 1. The van der Waals surface area contributed by atoms with Gasteiger partial charge in [-0.3, -0.25) is 14.2 Å². The zero-order valence-corrected chi connectivity index (χ0v) is 17.6. The summed E-state index contributed by atoms with van der Waals surface area (Å²) in [5.74, 6) is 0.485. The summed E-state index contributed by atoms with van der Waals surface area (Å²) in [5, 5.41) is 3.90. The van der Waals surface area contributed by atoms with E-state index in [9.17, 15) is 9.59 Å². The van der Waals surface area contributed by atoms with E-state index in [1.807, 2.05) is 18.2 Å². The summed E-state index contributed by atoms with van der Waals surface area (Å²) in [7, 11) is 1.54. The van der Waals surface area contributed by atoms with Crippen molar-refractivity contribution in [3.63, 3.8) is 0 Å². The van der Waals surface area contributed by atoms with E-state index in [4.69, 9.17) is 28.6 Å². The highest BCUT2D eigenvalue weighted by atomic mass is 35.5. The van der Waals surface area contributed by atoms with E-state index < -0.39 is 0 Å². The largest absolute Gasteiger partial charge is 0.495 e. The van der Waals surface area contributed by atoms with Crippen molar-refractivity contribution in [2.75, 3.05) is 12.4 Å². The van der Waals surface area contributed by atoms with E-state index in [0.717, 1.165) is 18.4 Å². The molecule has 2 N–H and O–H groups in total. The number of rotatable bonds is 8. The highest BCUT2D eigenvalue weighted by Gasteiger charge is 2.07. The van der Waals surface area contributed by atoms with E-state index >= 15 is 0 Å². The van der Waals surface area contributed by atoms with E-state index in [0.29, 0.717) is 46.0 Å². The summed E-state index contributed by atoms with van der Waals surface area (Å²) in [6.07, 6.45) is 2.68. The van der Waals surface area contributed by atoms with Crippen LogP contribution in [0.2, 0.25) is 5.02 Å². The number of fused-ring (bicyclic) bond motifs is 1. The fraction of sp³-hybridized carbons (Fsp3) is 0.286. The molecule has 3 aromatic rings. The summed E-state index contributed by atoms with van der Waals surface area (Å²) >= 11 is 11.4. The van der Waals surface area contributed by atoms with Crippen molar-refractivity contribution in [2.24, 2.45) is 0 Å². The number of hydrogen-bond donors (Lipinski definition) is 2. The molecule has 3 rings (SSSR count). The Hall–Kier alpha value is -2.64. The number of nitrogens with one attached hydrogen (secondary N) is 2. The molecule has 1 heterocycles. The highest BCUT2D eigenvalue weighted by Crippen LogP contribution is 2.27. The number of benzene rings is 2. The number of halogens is 1. The van der Waals surface area contributed by atoms with Crippen LogP contribution in [0, 0.1) is 4.77 Å². The lowest BCUT2D eigenvalue weighted by atomic mass is 10.2. The van der Waals surface area contributed by atoms with Crippen LogP contribution >= 0.6 is 23.8 Å². The van der Waals surface area contributed by atoms with Crippen molar-refractivity contribution < 1.29 is 9.53 Å². The van der Waals surface area contributed by atoms with Crippen molar-refractivity contribution in [3.05, 3.63) is 62.6 Å². The summed E-state index contributed by atoms with van der Waals surface area (Å²) in [6.45, 7) is 0.523. The Morgan fingerprint density at radius 2 is 2.00 bits per heavy atom. The predicted octanol–water partition coefficient (Wildman–Crippen LogP) is 4.92. The van der Waals surface area contributed by atoms with E-state index in [-0.39, 0.29) is 11.5 Å². The summed E-state index contributed by atoms with van der Waals surface area (Å²) in [6, 6.07) is 12.4. The number of aromatic amines is 1. The lowest BCUT2D eigenvalue weighted by molar-refractivity contribution is -0.116. The molecule has 0 fully saturated rings. The molecule has 0 unspecified atom stereocenters. The number of ether oxygens (including phenoxy) is 1. The molecular weight excluding hydrogens is 410 g/mol. The van der Waals surface area contributed by atoms with Crippen LogP contribution in [0.1, 0.15) is 25.7 Å². The van der Waals surface area contributed by atoms with Crippen molar-refractivity contribution in [3.8, 4) is 5.75 Å². The Kier molecular flexibility index (Phi) is 7.06. The molecule has 0 aliphatic carbocycles. The number of unbranched alkanes of at least 4 members (excludes halogenated alkanes) is 2. The minimum absolute atomic E-state index is 0.0774. The third-order valence-corrected chi connectivity index (χ3v) is 5.23. The standard InChI is InChI=1S/C21H22ClN3O3S/c1-28-18-11-10-14(13-16(18)22)23-19(26)9-3-2-6-12-25-20(27)15-7-4-5-8-17(15)24-21(25)29/h4-5,7-8,10-11,13H,2-3,6,9,12H2,1H3,(H,23,26)(H,24,29). The zero-order valence-electron chi connectivity index (χ0n) is 16.0. The average molecular weight is 432 g/mol. The van der Waals surface area contributed by atoms with Crippen LogP contribution in [0.3, 0.4) is 0 Å². The fourth-order valence-corrected chi connectivity index (χ4v) is 3.64. The molecular formula is C21H22ClN3O3S. The topological polar surface area (TPSA) is 76.1 Å². The normalized spacial score (nSPS) is 10.8. The maximum atomic E-state index is 12.6. The number of H-pyrrole nitrogens is 1. The van der Waals surface area contributed by atoms with Gasteiger partial charge in [0.05, 0.1) is 23.0 Å². The Labute approximate surface area is 178 Å². The molecule has 6 nitrogen and oxygen atoms in total. The summed E-state index contributed by atoms with van der Waals surface area (Å²) < 4.78 is 7.09. The second-order valence-electron chi connectivity index (χ2n) is 6.64. The molecule has 0 bridgehead atoms. The summed E-state index contributed by atoms with van der Waals surface area (Å²) in [4.78, 5) is 27.8. The van der Waals surface area contributed by atoms with Crippen LogP contribution in [0.25, 0.3) is 10.9 Å². The quantitative estimate of drug-likeness (QED) is 0.392. The molecule has 0 saturated heterocycles. The number of carbonyl (C=O) groups is 1. The van der Waals surface area contributed by atoms with Crippen LogP contribution in [-0.2, 0) is 11.3 Å². The van der Waals surface area contributed by atoms with Crippen LogP contribution < -0.4 is 15.6 Å². The smallest absolute Gasteiger partial charge is 0.262 e. The molecule has 1 aromatic heterocycles. The second kappa shape index (κ2) is 9.71. The van der Waals surface area contributed by atoms with Gasteiger partial charge in [0.25, 0.3) is 5.56 Å². The van der Waals surface area contributed by atoms with Gasteiger partial charge in [-0.1, -0.05) is 30.2 Å². The SMILES string of the molecule is COc1ccc(NC(=O)CCCCCn2c(=S)[nH]c3ccccc3c2=O)cc1Cl. The first-order valence-corrected chi connectivity index (χ1v) is 10.1. The lowest BCUT2D eigenvalue weighted by Crippen LogP contribution is -2.22. The number of anilines is 1. The van der Waals surface area contributed by atoms with Gasteiger partial charge in [-0.2, -0.15) is 0 Å². The van der Waals surface area contributed by atoms with Gasteiger partial charge >= 0.3 is 0 Å². The van der Waals surface area contributed by atoms with Crippen molar-refractivity contribution >= 4 is 46.3 Å². The van der Waals surface area contributed by atoms with Gasteiger partial charge in [-0.15, -0.1) is 0 Å². The molecule has 29 heavy (non-hydrogen) atoms. The molecule has 0 aliphatic rings. The van der Waals surface area contributed by atoms with Crippen molar-refractivity contribution in [1.29, 1.82) is 0 Å². The molecule has 152 valence electrons. The molecule has 2 aromatic carbocycles. The number of nitrogens with zero attached hydrogens (tertiary/aromatic N) is 1. The Morgan fingerprint density at radius 1 is 1.21 bits per heavy atom.